The number of benzene rings is 3. The van der Waals surface area contributed by atoms with E-state index in [1.807, 2.05) is 42.5 Å². The zero-order valence-electron chi connectivity index (χ0n) is 21.4. The standard InChI is InChI=1S/C30H31F2N3O3/c1-3-20-8-7-9-21(12-20)17-33-18-27(36)26(15-22-13-24(31)16-25(32)14-22)35-29(37)28-19(2)34-30(38-28)23-10-5-4-6-11-23/h4-14,16,26-27,33,36H,3,15,17-18H2,1-2H3,(H,35,37). The molecule has 0 spiro atoms. The number of halogens is 2. The van der Waals surface area contributed by atoms with Gasteiger partial charge in [0.1, 0.15) is 11.6 Å². The second-order valence-electron chi connectivity index (χ2n) is 9.23. The van der Waals surface area contributed by atoms with Crippen molar-refractivity contribution in [2.45, 2.75) is 45.4 Å². The summed E-state index contributed by atoms with van der Waals surface area (Å²) >= 11 is 0. The molecule has 4 aromatic rings. The molecule has 0 fully saturated rings. The highest BCUT2D eigenvalue weighted by molar-refractivity contribution is 5.93. The third-order valence-corrected chi connectivity index (χ3v) is 6.26. The van der Waals surface area contributed by atoms with E-state index in [0.29, 0.717) is 23.7 Å². The van der Waals surface area contributed by atoms with Crippen molar-refractivity contribution in [2.75, 3.05) is 6.54 Å². The summed E-state index contributed by atoms with van der Waals surface area (Å²) in [5.74, 6) is -1.72. The molecular formula is C30H31F2N3O3. The van der Waals surface area contributed by atoms with Gasteiger partial charge in [0, 0.05) is 24.7 Å². The van der Waals surface area contributed by atoms with Crippen molar-refractivity contribution in [3.63, 3.8) is 0 Å². The maximum Gasteiger partial charge on any atom is 0.289 e. The zero-order valence-corrected chi connectivity index (χ0v) is 21.4. The van der Waals surface area contributed by atoms with E-state index in [1.165, 1.54) is 17.7 Å². The van der Waals surface area contributed by atoms with Crippen LogP contribution in [0, 0.1) is 18.6 Å². The van der Waals surface area contributed by atoms with E-state index < -0.39 is 29.7 Å². The van der Waals surface area contributed by atoms with Gasteiger partial charge in [0.15, 0.2) is 0 Å². The smallest absolute Gasteiger partial charge is 0.289 e. The fourth-order valence-electron chi connectivity index (χ4n) is 4.28. The number of rotatable bonds is 11. The van der Waals surface area contributed by atoms with E-state index >= 15 is 0 Å². The first-order chi connectivity index (χ1) is 18.3. The first-order valence-electron chi connectivity index (χ1n) is 12.6. The van der Waals surface area contributed by atoms with Crippen LogP contribution in [0.5, 0.6) is 0 Å². The van der Waals surface area contributed by atoms with E-state index in [4.69, 9.17) is 4.42 Å². The molecule has 1 amide bonds. The number of nitrogens with one attached hydrogen (secondary N) is 2. The summed E-state index contributed by atoms with van der Waals surface area (Å²) in [5, 5.41) is 17.0. The number of carbonyl (C=O) groups excluding carboxylic acids is 1. The fraction of sp³-hybridized carbons (Fsp3) is 0.267. The number of hydrogen-bond donors (Lipinski definition) is 3. The lowest BCUT2D eigenvalue weighted by Gasteiger charge is -2.24. The lowest BCUT2D eigenvalue weighted by Crippen LogP contribution is -2.48. The van der Waals surface area contributed by atoms with Gasteiger partial charge in [-0.2, -0.15) is 0 Å². The number of amides is 1. The average molecular weight is 520 g/mol. The number of oxazole rings is 1. The van der Waals surface area contributed by atoms with Crippen molar-refractivity contribution in [1.82, 2.24) is 15.6 Å². The van der Waals surface area contributed by atoms with Gasteiger partial charge < -0.3 is 20.2 Å². The van der Waals surface area contributed by atoms with Gasteiger partial charge in [-0.1, -0.05) is 49.4 Å². The summed E-state index contributed by atoms with van der Waals surface area (Å²) in [7, 11) is 0. The van der Waals surface area contributed by atoms with E-state index in [2.05, 4.69) is 34.7 Å². The molecule has 0 aliphatic heterocycles. The maximum atomic E-state index is 13.9. The van der Waals surface area contributed by atoms with E-state index in [9.17, 15) is 18.7 Å². The predicted molar refractivity (Wildman–Crippen MR) is 142 cm³/mol. The number of nitrogens with zero attached hydrogens (tertiary/aromatic N) is 1. The zero-order chi connectivity index (χ0) is 27.1. The minimum Gasteiger partial charge on any atom is -0.431 e. The highest BCUT2D eigenvalue weighted by Gasteiger charge is 2.26. The molecule has 198 valence electrons. The Balaban J connectivity index is 1.49. The van der Waals surface area contributed by atoms with Gasteiger partial charge in [0.25, 0.3) is 5.91 Å². The fourth-order valence-corrected chi connectivity index (χ4v) is 4.28. The van der Waals surface area contributed by atoms with E-state index in [1.54, 1.807) is 6.92 Å². The van der Waals surface area contributed by atoms with E-state index in [-0.39, 0.29) is 18.7 Å². The third-order valence-electron chi connectivity index (χ3n) is 6.26. The molecule has 0 saturated carbocycles. The second-order valence-corrected chi connectivity index (χ2v) is 9.23. The highest BCUT2D eigenvalue weighted by atomic mass is 19.1. The van der Waals surface area contributed by atoms with Crippen molar-refractivity contribution >= 4 is 5.91 Å². The Morgan fingerprint density at radius 1 is 0.974 bits per heavy atom. The Bertz CT molecular complexity index is 1350. The summed E-state index contributed by atoms with van der Waals surface area (Å²) in [6, 6.07) is 19.6. The Morgan fingerprint density at radius 2 is 1.68 bits per heavy atom. The summed E-state index contributed by atoms with van der Waals surface area (Å²) in [6.07, 6.45) is -0.133. The normalized spacial score (nSPS) is 12.8. The molecule has 0 bridgehead atoms. The van der Waals surface area contributed by atoms with Crippen molar-refractivity contribution in [3.8, 4) is 11.5 Å². The van der Waals surface area contributed by atoms with Crippen LogP contribution in [-0.4, -0.2) is 34.7 Å². The second kappa shape index (κ2) is 12.6. The molecular weight excluding hydrogens is 488 g/mol. The quantitative estimate of drug-likeness (QED) is 0.260. The molecule has 0 saturated heterocycles. The monoisotopic (exact) mass is 519 g/mol. The van der Waals surface area contributed by atoms with Crippen molar-refractivity contribution in [3.05, 3.63) is 113 Å². The molecule has 0 aliphatic rings. The predicted octanol–water partition coefficient (Wildman–Crippen LogP) is 4.98. The summed E-state index contributed by atoms with van der Waals surface area (Å²) in [5.41, 5.74) is 3.69. The van der Waals surface area contributed by atoms with Crippen LogP contribution in [0.2, 0.25) is 0 Å². The Morgan fingerprint density at radius 3 is 2.39 bits per heavy atom. The first kappa shape index (κ1) is 27.2. The van der Waals surface area contributed by atoms with Crippen LogP contribution in [0.3, 0.4) is 0 Å². The van der Waals surface area contributed by atoms with Gasteiger partial charge in [-0.05, 0) is 60.7 Å². The van der Waals surface area contributed by atoms with Gasteiger partial charge >= 0.3 is 0 Å². The molecule has 2 unspecified atom stereocenters. The number of aromatic nitrogens is 1. The van der Waals surface area contributed by atoms with Gasteiger partial charge in [-0.15, -0.1) is 0 Å². The van der Waals surface area contributed by atoms with Crippen LogP contribution in [0.25, 0.3) is 11.5 Å². The SMILES string of the molecule is CCc1cccc(CNCC(O)C(Cc2cc(F)cc(F)c2)NC(=O)c2oc(-c3ccccc3)nc2C)c1. The van der Waals surface area contributed by atoms with Crippen LogP contribution in [0.1, 0.15) is 39.9 Å². The van der Waals surface area contributed by atoms with Gasteiger partial charge in [-0.3, -0.25) is 4.79 Å². The Labute approximate surface area is 220 Å². The molecule has 4 rings (SSSR count). The van der Waals surface area contributed by atoms with Crippen molar-refractivity contribution < 1.29 is 23.1 Å². The first-order valence-corrected chi connectivity index (χ1v) is 12.6. The topological polar surface area (TPSA) is 87.4 Å². The summed E-state index contributed by atoms with van der Waals surface area (Å²) in [4.78, 5) is 17.5. The molecule has 0 radical (unpaired) electrons. The Kier molecular flexibility index (Phi) is 8.99. The average Bonchev–Trinajstić information content (AvgIpc) is 3.30. The van der Waals surface area contributed by atoms with Crippen LogP contribution in [-0.2, 0) is 19.4 Å². The molecule has 1 heterocycles. The highest BCUT2D eigenvalue weighted by Crippen LogP contribution is 2.22. The van der Waals surface area contributed by atoms with Gasteiger partial charge in [-0.25, -0.2) is 13.8 Å². The minimum atomic E-state index is -1.06. The summed E-state index contributed by atoms with van der Waals surface area (Å²) < 4.78 is 33.5. The lowest BCUT2D eigenvalue weighted by atomic mass is 10.00. The largest absolute Gasteiger partial charge is 0.431 e. The molecule has 8 heteroatoms. The molecule has 38 heavy (non-hydrogen) atoms. The molecule has 2 atom stereocenters. The Hall–Kier alpha value is -3.88. The number of aliphatic hydroxyl groups is 1. The van der Waals surface area contributed by atoms with Gasteiger partial charge in [0.05, 0.1) is 17.8 Å². The molecule has 1 aromatic heterocycles. The number of carbonyl (C=O) groups is 1. The van der Waals surface area contributed by atoms with Crippen LogP contribution in [0.4, 0.5) is 8.78 Å². The molecule has 0 aliphatic carbocycles. The van der Waals surface area contributed by atoms with E-state index in [0.717, 1.165) is 23.6 Å². The number of hydrogen-bond acceptors (Lipinski definition) is 5. The van der Waals surface area contributed by atoms with Crippen molar-refractivity contribution in [2.24, 2.45) is 0 Å². The van der Waals surface area contributed by atoms with Crippen LogP contribution >= 0.6 is 0 Å². The maximum absolute atomic E-state index is 13.9. The third kappa shape index (κ3) is 7.12. The minimum absolute atomic E-state index is 0.00726. The summed E-state index contributed by atoms with van der Waals surface area (Å²) in [6.45, 7) is 4.40. The van der Waals surface area contributed by atoms with Gasteiger partial charge in [0.2, 0.25) is 11.7 Å². The molecule has 3 aromatic carbocycles. The molecule has 6 nitrogen and oxygen atoms in total. The van der Waals surface area contributed by atoms with Crippen LogP contribution in [0.15, 0.2) is 77.2 Å². The number of aliphatic hydroxyl groups excluding tert-OH is 1. The molecule has 3 N–H and O–H groups in total. The lowest BCUT2D eigenvalue weighted by molar-refractivity contribution is 0.0804. The van der Waals surface area contributed by atoms with Crippen molar-refractivity contribution in [1.29, 1.82) is 0 Å². The number of aryl methyl sites for hydroxylation is 2. The van der Waals surface area contributed by atoms with Crippen LogP contribution < -0.4 is 10.6 Å².